The minimum Gasteiger partial charge on any atom is -0.374 e. The molecule has 1 rings (SSSR count). The van der Waals surface area contributed by atoms with Crippen LogP contribution in [-0.2, 0) is 5.60 Å². The molecule has 1 N–H and O–H groups in total. The summed E-state index contributed by atoms with van der Waals surface area (Å²) in [4.78, 5) is 0. The van der Waals surface area contributed by atoms with Gasteiger partial charge in [0, 0.05) is 10.4 Å². The highest BCUT2D eigenvalue weighted by Gasteiger charge is 2.19. The summed E-state index contributed by atoms with van der Waals surface area (Å²) in [5, 5.41) is 10.1. The molecule has 0 aliphatic rings. The second kappa shape index (κ2) is 4.83. The van der Waals surface area contributed by atoms with Crippen LogP contribution in [-0.4, -0.2) is 5.11 Å². The van der Waals surface area contributed by atoms with Crippen molar-refractivity contribution >= 4 is 15.9 Å². The van der Waals surface area contributed by atoms with Crippen molar-refractivity contribution in [1.82, 2.24) is 0 Å². The number of aliphatic hydroxyl groups is 1. The van der Waals surface area contributed by atoms with Crippen molar-refractivity contribution in [2.45, 2.75) is 26.4 Å². The maximum absolute atomic E-state index is 10.1. The van der Waals surface area contributed by atoms with E-state index in [-0.39, 0.29) is 5.92 Å². The molecule has 0 fully saturated rings. The van der Waals surface area contributed by atoms with Crippen LogP contribution in [0, 0.1) is 17.8 Å². The molecule has 0 saturated heterocycles. The van der Waals surface area contributed by atoms with Crippen molar-refractivity contribution in [1.29, 1.82) is 0 Å². The Morgan fingerprint density at radius 1 is 1.27 bits per heavy atom. The molecule has 0 bridgehead atoms. The number of halogens is 1. The first kappa shape index (κ1) is 12.3. The monoisotopic (exact) mass is 266 g/mol. The molecule has 0 radical (unpaired) electrons. The zero-order valence-corrected chi connectivity index (χ0v) is 10.8. The van der Waals surface area contributed by atoms with Gasteiger partial charge in [0.2, 0.25) is 0 Å². The lowest BCUT2D eigenvalue weighted by Gasteiger charge is -2.17. The number of hydrogen-bond donors (Lipinski definition) is 1. The van der Waals surface area contributed by atoms with Crippen LogP contribution in [0.4, 0.5) is 0 Å². The van der Waals surface area contributed by atoms with E-state index in [1.807, 2.05) is 38.1 Å². The highest BCUT2D eigenvalue weighted by Crippen LogP contribution is 2.21. The third-order valence-electron chi connectivity index (χ3n) is 2.01. The van der Waals surface area contributed by atoms with E-state index < -0.39 is 5.60 Å². The molecule has 0 heterocycles. The van der Waals surface area contributed by atoms with Crippen molar-refractivity contribution in [3.05, 3.63) is 34.3 Å². The topological polar surface area (TPSA) is 20.2 Å². The summed E-state index contributed by atoms with van der Waals surface area (Å²) in [5.41, 5.74) is -0.246. The first-order valence-electron chi connectivity index (χ1n) is 4.93. The van der Waals surface area contributed by atoms with E-state index >= 15 is 0 Å². The molecule has 0 aliphatic carbocycles. The third-order valence-corrected chi connectivity index (χ3v) is 2.54. The Labute approximate surface area is 99.6 Å². The molecule has 1 aromatic carbocycles. The zero-order valence-electron chi connectivity index (χ0n) is 9.21. The van der Waals surface area contributed by atoms with Gasteiger partial charge in [0.15, 0.2) is 0 Å². The highest BCUT2D eigenvalue weighted by atomic mass is 79.9. The highest BCUT2D eigenvalue weighted by molar-refractivity contribution is 9.10. The fourth-order valence-electron chi connectivity index (χ4n) is 1.13. The van der Waals surface area contributed by atoms with E-state index in [0.717, 1.165) is 10.0 Å². The Morgan fingerprint density at radius 3 is 2.27 bits per heavy atom. The molecule has 0 saturated carbocycles. The maximum atomic E-state index is 10.1. The molecule has 0 amide bonds. The SMILES string of the molecule is CC(C)C#CC(C)(O)c1ccc(Br)cc1. The van der Waals surface area contributed by atoms with Gasteiger partial charge in [-0.2, -0.15) is 0 Å². The van der Waals surface area contributed by atoms with E-state index in [4.69, 9.17) is 0 Å². The van der Waals surface area contributed by atoms with Gasteiger partial charge < -0.3 is 5.11 Å². The minimum absolute atomic E-state index is 0.270. The lowest BCUT2D eigenvalue weighted by atomic mass is 9.96. The molecular formula is C13H15BrO. The van der Waals surface area contributed by atoms with Gasteiger partial charge in [-0.15, -0.1) is 0 Å². The summed E-state index contributed by atoms with van der Waals surface area (Å²) in [5.74, 6) is 6.14. The second-order valence-electron chi connectivity index (χ2n) is 4.00. The maximum Gasteiger partial charge on any atom is 0.148 e. The van der Waals surface area contributed by atoms with Gasteiger partial charge in [-0.05, 0) is 24.6 Å². The standard InChI is InChI=1S/C13H15BrO/c1-10(2)8-9-13(3,15)11-4-6-12(14)7-5-11/h4-7,10,15H,1-3H3. The Balaban J connectivity index is 2.97. The van der Waals surface area contributed by atoms with E-state index in [0.29, 0.717) is 0 Å². The van der Waals surface area contributed by atoms with Gasteiger partial charge in [0.1, 0.15) is 5.60 Å². The molecule has 1 unspecified atom stereocenters. The summed E-state index contributed by atoms with van der Waals surface area (Å²) < 4.78 is 0.999. The van der Waals surface area contributed by atoms with Gasteiger partial charge in [0.05, 0.1) is 0 Å². The lowest BCUT2D eigenvalue weighted by molar-refractivity contribution is 0.122. The fourth-order valence-corrected chi connectivity index (χ4v) is 1.40. The first-order valence-corrected chi connectivity index (χ1v) is 5.72. The van der Waals surface area contributed by atoms with Crippen molar-refractivity contribution < 1.29 is 5.11 Å². The molecule has 1 nitrogen and oxygen atoms in total. The van der Waals surface area contributed by atoms with E-state index in [1.165, 1.54) is 0 Å². The predicted molar refractivity (Wildman–Crippen MR) is 66.3 cm³/mol. The average molecular weight is 267 g/mol. The van der Waals surface area contributed by atoms with Gasteiger partial charge >= 0.3 is 0 Å². The van der Waals surface area contributed by atoms with Crippen LogP contribution in [0.5, 0.6) is 0 Å². The van der Waals surface area contributed by atoms with E-state index in [9.17, 15) is 5.11 Å². The molecule has 2 heteroatoms. The van der Waals surface area contributed by atoms with Crippen LogP contribution in [0.3, 0.4) is 0 Å². The normalized spacial score (nSPS) is 14.3. The second-order valence-corrected chi connectivity index (χ2v) is 4.92. The third kappa shape index (κ3) is 3.70. The average Bonchev–Trinajstić information content (AvgIpc) is 2.16. The summed E-state index contributed by atoms with van der Waals surface area (Å²) in [6.45, 7) is 5.72. The number of benzene rings is 1. The van der Waals surface area contributed by atoms with Crippen molar-refractivity contribution in [2.75, 3.05) is 0 Å². The van der Waals surface area contributed by atoms with Crippen LogP contribution < -0.4 is 0 Å². The molecule has 1 atom stereocenters. The van der Waals surface area contributed by atoms with Crippen LogP contribution in [0.2, 0.25) is 0 Å². The van der Waals surface area contributed by atoms with Crippen LogP contribution in [0.15, 0.2) is 28.7 Å². The largest absolute Gasteiger partial charge is 0.374 e. The molecule has 80 valence electrons. The van der Waals surface area contributed by atoms with Crippen LogP contribution in [0.1, 0.15) is 26.3 Å². The summed E-state index contributed by atoms with van der Waals surface area (Å²) in [7, 11) is 0. The first-order chi connectivity index (χ1) is 6.92. The quantitative estimate of drug-likeness (QED) is 0.774. The van der Waals surface area contributed by atoms with Crippen LogP contribution >= 0.6 is 15.9 Å². The van der Waals surface area contributed by atoms with Gasteiger partial charge in [0.25, 0.3) is 0 Å². The van der Waals surface area contributed by atoms with E-state index in [1.54, 1.807) is 6.92 Å². The Kier molecular flexibility index (Phi) is 3.96. The summed E-state index contributed by atoms with van der Waals surface area (Å²) >= 11 is 3.36. The Bertz CT molecular complexity index is 379. The summed E-state index contributed by atoms with van der Waals surface area (Å²) in [6.07, 6.45) is 0. The molecule has 1 aromatic rings. The van der Waals surface area contributed by atoms with E-state index in [2.05, 4.69) is 27.8 Å². The van der Waals surface area contributed by atoms with Gasteiger partial charge in [-0.1, -0.05) is 53.8 Å². The zero-order chi connectivity index (χ0) is 11.5. The van der Waals surface area contributed by atoms with Crippen molar-refractivity contribution in [3.63, 3.8) is 0 Å². The minimum atomic E-state index is -1.06. The van der Waals surface area contributed by atoms with Gasteiger partial charge in [-0.25, -0.2) is 0 Å². The number of hydrogen-bond acceptors (Lipinski definition) is 1. The number of rotatable bonds is 1. The van der Waals surface area contributed by atoms with Crippen LogP contribution in [0.25, 0.3) is 0 Å². The Morgan fingerprint density at radius 2 is 1.80 bits per heavy atom. The fraction of sp³-hybridized carbons (Fsp3) is 0.385. The summed E-state index contributed by atoms with van der Waals surface area (Å²) in [6, 6.07) is 7.56. The molecule has 0 aromatic heterocycles. The van der Waals surface area contributed by atoms with Crippen molar-refractivity contribution in [2.24, 2.45) is 5.92 Å². The van der Waals surface area contributed by atoms with Crippen molar-refractivity contribution in [3.8, 4) is 11.8 Å². The lowest BCUT2D eigenvalue weighted by Crippen LogP contribution is -2.18. The molecule has 0 aliphatic heterocycles. The molecular weight excluding hydrogens is 252 g/mol. The predicted octanol–water partition coefficient (Wildman–Crippen LogP) is 3.32. The van der Waals surface area contributed by atoms with Gasteiger partial charge in [-0.3, -0.25) is 0 Å². The smallest absolute Gasteiger partial charge is 0.148 e. The Hall–Kier alpha value is -0.780. The molecule has 15 heavy (non-hydrogen) atoms. The molecule has 0 spiro atoms.